The third kappa shape index (κ3) is 3.84. The van der Waals surface area contributed by atoms with Crippen molar-refractivity contribution in [1.29, 1.82) is 0 Å². The van der Waals surface area contributed by atoms with Gasteiger partial charge in [-0.3, -0.25) is 4.98 Å². The molecule has 0 aliphatic carbocycles. The summed E-state index contributed by atoms with van der Waals surface area (Å²) in [5.41, 5.74) is -0.259. The first-order valence-corrected chi connectivity index (χ1v) is 3.03. The third-order valence-electron chi connectivity index (χ3n) is 1.23. The molecule has 0 saturated carbocycles. The number of rotatable bonds is 2. The Balaban J connectivity index is 0. The van der Waals surface area contributed by atoms with Crippen LogP contribution >= 0.6 is 34.0 Å². The maximum atomic E-state index is 10.3. The van der Waals surface area contributed by atoms with E-state index in [4.69, 9.17) is 10.2 Å². The fourth-order valence-corrected chi connectivity index (χ4v) is 0.674. The Morgan fingerprint density at radius 3 is 1.64 bits per heavy atom. The summed E-state index contributed by atoms with van der Waals surface area (Å²) in [6.45, 7) is 0. The Labute approximate surface area is 100 Å². The highest BCUT2D eigenvalue weighted by molar-refractivity contribution is 8.93. The van der Waals surface area contributed by atoms with Crippen molar-refractivity contribution in [3.8, 4) is 0 Å². The number of hydrogen-bond acceptors (Lipinski definition) is 3. The van der Waals surface area contributed by atoms with Gasteiger partial charge in [-0.25, -0.2) is 9.59 Å². The zero-order valence-corrected chi connectivity index (χ0v) is 10.1. The quantitative estimate of drug-likeness (QED) is 0.861. The van der Waals surface area contributed by atoms with Crippen LogP contribution in [0.5, 0.6) is 0 Å². The SMILES string of the molecule is Br.Br.O=C(O)c1cncc(C(=O)O)c1. The molecule has 0 bridgehead atoms. The van der Waals surface area contributed by atoms with E-state index < -0.39 is 11.9 Å². The summed E-state index contributed by atoms with van der Waals surface area (Å²) in [5, 5.41) is 16.9. The van der Waals surface area contributed by atoms with Crippen LogP contribution in [0.4, 0.5) is 0 Å². The van der Waals surface area contributed by atoms with Crippen molar-refractivity contribution in [3.63, 3.8) is 0 Å². The molecule has 0 saturated heterocycles. The number of hydrogen-bond donors (Lipinski definition) is 2. The van der Waals surface area contributed by atoms with Gasteiger partial charge in [0.1, 0.15) is 0 Å². The summed E-state index contributed by atoms with van der Waals surface area (Å²) in [6.07, 6.45) is 2.18. The summed E-state index contributed by atoms with van der Waals surface area (Å²) in [4.78, 5) is 24.2. The average Bonchev–Trinajstić information content (AvgIpc) is 2.04. The number of pyridine rings is 1. The van der Waals surface area contributed by atoms with Crippen molar-refractivity contribution in [1.82, 2.24) is 4.98 Å². The number of carboxylic acid groups (broad SMARTS) is 2. The maximum absolute atomic E-state index is 10.3. The average molecular weight is 329 g/mol. The molecule has 0 atom stereocenters. The number of carboxylic acids is 2. The largest absolute Gasteiger partial charge is 0.478 e. The molecule has 2 N–H and O–H groups in total. The molecule has 5 nitrogen and oxygen atoms in total. The van der Waals surface area contributed by atoms with E-state index in [1.54, 1.807) is 0 Å². The number of aromatic nitrogens is 1. The van der Waals surface area contributed by atoms with E-state index in [1.165, 1.54) is 0 Å². The van der Waals surface area contributed by atoms with Gasteiger partial charge in [-0.2, -0.15) is 0 Å². The summed E-state index contributed by atoms with van der Waals surface area (Å²) in [7, 11) is 0. The van der Waals surface area contributed by atoms with Crippen LogP contribution in [0.3, 0.4) is 0 Å². The highest BCUT2D eigenvalue weighted by Crippen LogP contribution is 2.01. The van der Waals surface area contributed by atoms with Gasteiger partial charge in [-0.05, 0) is 6.07 Å². The lowest BCUT2D eigenvalue weighted by Crippen LogP contribution is -2.02. The number of halogens is 2. The van der Waals surface area contributed by atoms with E-state index in [2.05, 4.69) is 4.98 Å². The smallest absolute Gasteiger partial charge is 0.337 e. The number of carbonyl (C=O) groups is 2. The van der Waals surface area contributed by atoms with Gasteiger partial charge in [0.25, 0.3) is 0 Å². The molecular weight excluding hydrogens is 322 g/mol. The lowest BCUT2D eigenvalue weighted by Gasteiger charge is -1.94. The van der Waals surface area contributed by atoms with Crippen LogP contribution in [0.1, 0.15) is 20.7 Å². The van der Waals surface area contributed by atoms with Crippen LogP contribution in [0.15, 0.2) is 18.5 Å². The lowest BCUT2D eigenvalue weighted by molar-refractivity contribution is 0.0696. The molecule has 0 fully saturated rings. The first-order chi connectivity index (χ1) is 5.61. The van der Waals surface area contributed by atoms with E-state index in [1.807, 2.05) is 0 Å². The summed E-state index contributed by atoms with van der Waals surface area (Å²) in [6, 6.07) is 1.05. The van der Waals surface area contributed by atoms with Crippen LogP contribution in [0.25, 0.3) is 0 Å². The van der Waals surface area contributed by atoms with Crippen LogP contribution in [-0.4, -0.2) is 27.1 Å². The third-order valence-corrected chi connectivity index (χ3v) is 1.23. The molecule has 14 heavy (non-hydrogen) atoms. The Morgan fingerprint density at radius 2 is 1.36 bits per heavy atom. The first-order valence-electron chi connectivity index (χ1n) is 3.03. The second kappa shape index (κ2) is 6.50. The fraction of sp³-hybridized carbons (Fsp3) is 0. The van der Waals surface area contributed by atoms with Crippen molar-refractivity contribution in [3.05, 3.63) is 29.6 Å². The predicted octanol–water partition coefficient (Wildman–Crippen LogP) is 1.63. The standard InChI is InChI=1S/C7H5NO4.2BrH/c9-6(10)4-1-5(7(11)12)3-8-2-4;;/h1-3H,(H,9,10)(H,11,12);2*1H. The molecular formula is C7H7Br2NO4. The minimum Gasteiger partial charge on any atom is -0.478 e. The monoisotopic (exact) mass is 327 g/mol. The molecule has 78 valence electrons. The molecule has 0 aliphatic heterocycles. The fourth-order valence-electron chi connectivity index (χ4n) is 0.674. The van der Waals surface area contributed by atoms with Gasteiger partial charge in [0, 0.05) is 12.4 Å². The normalized spacial score (nSPS) is 8.00. The molecule has 0 aromatic carbocycles. The van der Waals surface area contributed by atoms with Gasteiger partial charge in [0.05, 0.1) is 11.1 Å². The maximum Gasteiger partial charge on any atom is 0.337 e. The van der Waals surface area contributed by atoms with Crippen molar-refractivity contribution < 1.29 is 19.8 Å². The minimum atomic E-state index is -1.19. The summed E-state index contributed by atoms with van der Waals surface area (Å²) >= 11 is 0. The molecule has 0 amide bonds. The topological polar surface area (TPSA) is 87.5 Å². The Morgan fingerprint density at radius 1 is 1.00 bits per heavy atom. The molecule has 0 unspecified atom stereocenters. The molecule has 1 aromatic heterocycles. The van der Waals surface area contributed by atoms with Gasteiger partial charge < -0.3 is 10.2 Å². The summed E-state index contributed by atoms with van der Waals surface area (Å²) in [5.74, 6) is -2.38. The van der Waals surface area contributed by atoms with Crippen LogP contribution in [0, 0.1) is 0 Å². The van der Waals surface area contributed by atoms with Gasteiger partial charge in [0.15, 0.2) is 0 Å². The van der Waals surface area contributed by atoms with Crippen molar-refractivity contribution in [2.24, 2.45) is 0 Å². The van der Waals surface area contributed by atoms with Gasteiger partial charge >= 0.3 is 11.9 Å². The Bertz CT molecular complexity index is 313. The van der Waals surface area contributed by atoms with E-state index in [9.17, 15) is 9.59 Å². The van der Waals surface area contributed by atoms with E-state index in [-0.39, 0.29) is 45.1 Å². The predicted molar refractivity (Wildman–Crippen MR) is 58.8 cm³/mol. The van der Waals surface area contributed by atoms with E-state index in [0.717, 1.165) is 18.5 Å². The molecule has 1 rings (SSSR count). The zero-order valence-electron chi connectivity index (χ0n) is 6.71. The van der Waals surface area contributed by atoms with Gasteiger partial charge in [-0.15, -0.1) is 34.0 Å². The lowest BCUT2D eigenvalue weighted by atomic mass is 10.2. The van der Waals surface area contributed by atoms with Crippen LogP contribution in [-0.2, 0) is 0 Å². The molecule has 1 aromatic rings. The van der Waals surface area contributed by atoms with Gasteiger partial charge in [0.2, 0.25) is 0 Å². The molecule has 7 heteroatoms. The van der Waals surface area contributed by atoms with Crippen LogP contribution < -0.4 is 0 Å². The summed E-state index contributed by atoms with van der Waals surface area (Å²) < 4.78 is 0. The molecule has 0 radical (unpaired) electrons. The van der Waals surface area contributed by atoms with Gasteiger partial charge in [-0.1, -0.05) is 0 Å². The molecule has 1 heterocycles. The van der Waals surface area contributed by atoms with Crippen LogP contribution in [0.2, 0.25) is 0 Å². The highest BCUT2D eigenvalue weighted by Gasteiger charge is 2.07. The van der Waals surface area contributed by atoms with Crippen molar-refractivity contribution in [2.75, 3.05) is 0 Å². The molecule has 0 spiro atoms. The Kier molecular flexibility index (Phi) is 7.20. The second-order valence-corrected chi connectivity index (χ2v) is 2.07. The van der Waals surface area contributed by atoms with Crippen molar-refractivity contribution >= 4 is 45.9 Å². The number of nitrogens with zero attached hydrogens (tertiary/aromatic N) is 1. The molecule has 0 aliphatic rings. The Hall–Kier alpha value is -0.950. The zero-order chi connectivity index (χ0) is 9.14. The van der Waals surface area contributed by atoms with E-state index in [0.29, 0.717) is 0 Å². The van der Waals surface area contributed by atoms with E-state index >= 15 is 0 Å². The second-order valence-electron chi connectivity index (χ2n) is 2.07. The number of aromatic carboxylic acids is 2. The first kappa shape index (κ1) is 15.5. The van der Waals surface area contributed by atoms with Crippen molar-refractivity contribution in [2.45, 2.75) is 0 Å². The highest BCUT2D eigenvalue weighted by atomic mass is 79.9. The minimum absolute atomic E-state index is 0.